The molecule has 0 unspecified atom stereocenters. The first-order chi connectivity index (χ1) is 24.9. The van der Waals surface area contributed by atoms with Crippen molar-refractivity contribution in [2.45, 2.75) is 52.6 Å². The minimum atomic E-state index is -0.379. The van der Waals surface area contributed by atoms with Crippen molar-refractivity contribution in [2.75, 3.05) is 68.7 Å². The van der Waals surface area contributed by atoms with Gasteiger partial charge in [-0.15, -0.1) is 5.10 Å². The summed E-state index contributed by atoms with van der Waals surface area (Å²) >= 11 is 0. The normalized spacial score (nSPS) is 15.9. The molecule has 2 saturated heterocycles. The molecule has 5 heterocycles. The molecule has 10 nitrogen and oxygen atoms in total. The van der Waals surface area contributed by atoms with E-state index in [-0.39, 0.29) is 35.4 Å². The number of likely N-dealkylation sites (tertiary alicyclic amines) is 1. The number of hydrogen-bond acceptors (Lipinski definition) is 8. The Kier molecular flexibility index (Phi) is 12.6. The monoisotopic (exact) mass is 820 g/mol. The minimum Gasteiger partial charge on any atom is -1.00 e. The van der Waals surface area contributed by atoms with Gasteiger partial charge < -0.3 is 43.1 Å². The van der Waals surface area contributed by atoms with E-state index in [0.29, 0.717) is 16.8 Å². The van der Waals surface area contributed by atoms with Crippen LogP contribution < -0.4 is 44.0 Å². The van der Waals surface area contributed by atoms with E-state index in [4.69, 9.17) is 4.42 Å². The molecule has 0 N–H and O–H groups in total. The number of aryl methyl sites for hydroxylation is 2. The van der Waals surface area contributed by atoms with Gasteiger partial charge in [0.05, 0.1) is 16.9 Å². The highest BCUT2D eigenvalue weighted by Crippen LogP contribution is 2.27. The third kappa shape index (κ3) is 8.66. The first-order valence-electron chi connectivity index (χ1n) is 18.6. The van der Waals surface area contributed by atoms with E-state index in [1.165, 1.54) is 32.4 Å². The van der Waals surface area contributed by atoms with Crippen LogP contribution in [-0.2, 0) is 20.1 Å². The zero-order valence-electron chi connectivity index (χ0n) is 30.6. The van der Waals surface area contributed by atoms with Crippen molar-refractivity contribution >= 4 is 45.4 Å². The smallest absolute Gasteiger partial charge is 0.343 e. The van der Waals surface area contributed by atoms with Gasteiger partial charge in [-0.1, -0.05) is 11.6 Å². The number of piperazine rings is 1. The van der Waals surface area contributed by atoms with E-state index in [0.717, 1.165) is 98.7 Å². The largest absolute Gasteiger partial charge is 1.00 e. The molecule has 3 aromatic heterocycles. The summed E-state index contributed by atoms with van der Waals surface area (Å²) in [5.74, 6) is -0.218. The Bertz CT molecular complexity index is 2060. The zero-order valence-corrected chi connectivity index (χ0v) is 32.8. The third-order valence-corrected chi connectivity index (χ3v) is 10.6. The summed E-state index contributed by atoms with van der Waals surface area (Å²) in [6.07, 6.45) is 10.9. The predicted molar refractivity (Wildman–Crippen MR) is 202 cm³/mol. The van der Waals surface area contributed by atoms with Crippen molar-refractivity contribution in [3.63, 3.8) is 0 Å². The van der Waals surface area contributed by atoms with Crippen molar-refractivity contribution in [2.24, 2.45) is 7.05 Å². The van der Waals surface area contributed by atoms with Crippen LogP contribution in [0.5, 0.6) is 0 Å². The van der Waals surface area contributed by atoms with E-state index in [9.17, 15) is 4.79 Å². The van der Waals surface area contributed by atoms with Gasteiger partial charge in [0.1, 0.15) is 18.4 Å². The molecule has 12 heteroatoms. The molecule has 0 saturated carbocycles. The molecular weight excluding hydrogens is 770 g/mol. The Morgan fingerprint density at radius 1 is 0.885 bits per heavy atom. The number of pyridine rings is 1. The van der Waals surface area contributed by atoms with Gasteiger partial charge in [-0.25, -0.2) is 9.18 Å². The lowest BCUT2D eigenvalue weighted by Gasteiger charge is -2.35. The second-order valence-electron chi connectivity index (χ2n) is 13.9. The number of nitrogens with zero attached hydrogens (tertiary/aromatic N) is 8. The summed E-state index contributed by atoms with van der Waals surface area (Å²) in [7, 11) is 1.97. The van der Waals surface area contributed by atoms with Crippen molar-refractivity contribution in [3.05, 3.63) is 87.9 Å². The van der Waals surface area contributed by atoms with Crippen LogP contribution >= 0.6 is 0 Å². The van der Waals surface area contributed by atoms with Crippen LogP contribution in [0, 0.1) is 5.82 Å². The number of fused-ring (bicyclic) bond motifs is 2. The molecule has 0 bridgehead atoms. The van der Waals surface area contributed by atoms with Gasteiger partial charge >= 0.3 is 5.63 Å². The minimum absolute atomic E-state index is 0. The molecule has 52 heavy (non-hydrogen) atoms. The second kappa shape index (κ2) is 17.3. The Hall–Kier alpha value is -3.88. The van der Waals surface area contributed by atoms with Gasteiger partial charge in [0, 0.05) is 99.3 Å². The van der Waals surface area contributed by atoms with Gasteiger partial charge in [0.2, 0.25) is 11.2 Å². The molecule has 276 valence electrons. The van der Waals surface area contributed by atoms with Crippen LogP contribution in [-0.4, -0.2) is 83.7 Å². The van der Waals surface area contributed by atoms with Crippen LogP contribution in [0.25, 0.3) is 34.0 Å². The summed E-state index contributed by atoms with van der Waals surface area (Å²) in [4.78, 5) is 22.2. The molecule has 0 amide bonds. The molecule has 5 aromatic rings. The maximum Gasteiger partial charge on any atom is 0.343 e. The van der Waals surface area contributed by atoms with E-state index in [2.05, 4.69) is 56.0 Å². The fourth-order valence-corrected chi connectivity index (χ4v) is 7.55. The maximum absolute atomic E-state index is 15.5. The topological polar surface area (TPSA) is 77.8 Å². The first-order valence-corrected chi connectivity index (χ1v) is 18.6. The van der Waals surface area contributed by atoms with E-state index >= 15 is 4.39 Å². The summed E-state index contributed by atoms with van der Waals surface area (Å²) in [6, 6.07) is 15.3. The molecule has 7 rings (SSSR count). The number of aromatic nitrogens is 4. The third-order valence-electron chi connectivity index (χ3n) is 10.6. The van der Waals surface area contributed by atoms with Crippen molar-refractivity contribution in [1.29, 1.82) is 0 Å². The standard InChI is InChI=1S/C40H50FN8O2.HI/c1-4-47(5-2)35-15-11-31-24-32(40(50)51-39(31)26-35)12-14-34-13-10-30-25-36(41)38(27-37(30)44(34)3)48-22-20-46(21-23-48)28-33-29-49(43-42-33)19-9-18-45-16-7-6-8-17-45;/h10-15,24-27,29H,4-9,16-23,28H2,1-3H3;1H/q+1;/p-1. The fourth-order valence-electron chi connectivity index (χ4n) is 7.55. The summed E-state index contributed by atoms with van der Waals surface area (Å²) < 4.78 is 25.3. The lowest BCUT2D eigenvalue weighted by Crippen LogP contribution is -3.00. The molecule has 0 radical (unpaired) electrons. The van der Waals surface area contributed by atoms with Crippen LogP contribution in [0.1, 0.15) is 56.5 Å². The lowest BCUT2D eigenvalue weighted by molar-refractivity contribution is -0.646. The zero-order chi connectivity index (χ0) is 35.3. The highest BCUT2D eigenvalue weighted by Gasteiger charge is 2.23. The summed E-state index contributed by atoms with van der Waals surface area (Å²) in [5.41, 5.74) is 5.11. The van der Waals surface area contributed by atoms with Crippen LogP contribution in [0.15, 0.2) is 63.9 Å². The maximum atomic E-state index is 15.5. The average Bonchev–Trinajstić information content (AvgIpc) is 3.59. The predicted octanol–water partition coefficient (Wildman–Crippen LogP) is 2.72. The number of anilines is 2. The van der Waals surface area contributed by atoms with Gasteiger partial charge in [-0.05, 0) is 89.2 Å². The Labute approximate surface area is 322 Å². The molecule has 0 atom stereocenters. The fraction of sp³-hybridized carbons (Fsp3) is 0.450. The van der Waals surface area contributed by atoms with Crippen LogP contribution in [0.3, 0.4) is 0 Å². The molecule has 2 aromatic carbocycles. The quantitative estimate of drug-likeness (QED) is 0.108. The molecule has 2 aliphatic heterocycles. The van der Waals surface area contributed by atoms with Gasteiger partial charge in [-0.2, -0.15) is 4.57 Å². The van der Waals surface area contributed by atoms with Gasteiger partial charge in [0.25, 0.3) is 0 Å². The molecule has 2 fully saturated rings. The van der Waals surface area contributed by atoms with Gasteiger partial charge in [0.15, 0.2) is 0 Å². The molecule has 0 spiro atoms. The van der Waals surface area contributed by atoms with Crippen molar-refractivity contribution < 1.29 is 37.4 Å². The van der Waals surface area contributed by atoms with Crippen LogP contribution in [0.2, 0.25) is 0 Å². The number of piperidine rings is 1. The average molecular weight is 821 g/mol. The number of halogens is 2. The SMILES string of the molecule is CCN(CC)c1ccc2cc(/C=C/c3ccc4cc(F)c(N5CCN(Cc6cn(CCCN7CCCCC7)nn6)CC5)cc4[n+]3C)c(=O)oc2c1.[I-]. The Morgan fingerprint density at radius 3 is 2.42 bits per heavy atom. The number of rotatable bonds is 12. The number of benzene rings is 2. The Morgan fingerprint density at radius 2 is 1.65 bits per heavy atom. The molecular formula is C40H50FIN8O2. The van der Waals surface area contributed by atoms with E-state index in [1.54, 1.807) is 12.1 Å². The highest BCUT2D eigenvalue weighted by molar-refractivity contribution is 5.84. The van der Waals surface area contributed by atoms with Gasteiger partial charge in [-0.3, -0.25) is 9.58 Å². The highest BCUT2D eigenvalue weighted by atomic mass is 127. The van der Waals surface area contributed by atoms with E-state index in [1.807, 2.05) is 58.8 Å². The Balaban J connectivity index is 0.00000464. The second-order valence-corrected chi connectivity index (χ2v) is 13.9. The lowest BCUT2D eigenvalue weighted by atomic mass is 10.1. The summed E-state index contributed by atoms with van der Waals surface area (Å²) in [5, 5.41) is 10.5. The van der Waals surface area contributed by atoms with E-state index < -0.39 is 0 Å². The number of hydrogen-bond donors (Lipinski definition) is 0. The van der Waals surface area contributed by atoms with Crippen molar-refractivity contribution in [1.82, 2.24) is 24.8 Å². The van der Waals surface area contributed by atoms with Crippen LogP contribution in [0.4, 0.5) is 15.8 Å². The molecule has 0 aliphatic carbocycles. The molecule has 2 aliphatic rings. The summed E-state index contributed by atoms with van der Waals surface area (Å²) in [6.45, 7) is 14.3. The first kappa shape index (κ1) is 37.9. The van der Waals surface area contributed by atoms with Crippen molar-refractivity contribution in [3.8, 4) is 0 Å².